The second-order valence-electron chi connectivity index (χ2n) is 6.27. The number of aryl methyl sites for hydroxylation is 2. The zero-order chi connectivity index (χ0) is 16.9. The molecule has 1 fully saturated rings. The molecule has 0 spiro atoms. The molecule has 2 aromatic rings. The van der Waals surface area contributed by atoms with Gasteiger partial charge in [0.25, 0.3) is 0 Å². The molecule has 1 aliphatic rings. The summed E-state index contributed by atoms with van der Waals surface area (Å²) >= 11 is 1.94. The quantitative estimate of drug-likeness (QED) is 0.903. The average molecular weight is 344 g/mol. The number of rotatable bonds is 5. The first-order valence-corrected chi connectivity index (χ1v) is 9.40. The van der Waals surface area contributed by atoms with E-state index in [4.69, 9.17) is 0 Å². The molecule has 1 N–H and O–H groups in total. The van der Waals surface area contributed by atoms with Gasteiger partial charge in [0, 0.05) is 49.4 Å². The van der Waals surface area contributed by atoms with Crippen LogP contribution in [0.1, 0.15) is 22.7 Å². The Morgan fingerprint density at radius 2 is 2.33 bits per heavy atom. The molecule has 1 saturated heterocycles. The summed E-state index contributed by atoms with van der Waals surface area (Å²) in [5, 5.41) is 7.31. The highest BCUT2D eigenvalue weighted by Gasteiger charge is 2.26. The average Bonchev–Trinajstić information content (AvgIpc) is 3.00. The van der Waals surface area contributed by atoms with Crippen LogP contribution in [0.15, 0.2) is 36.7 Å². The summed E-state index contributed by atoms with van der Waals surface area (Å²) in [6.45, 7) is 4.02. The van der Waals surface area contributed by atoms with Crippen LogP contribution in [0.25, 0.3) is 0 Å². The van der Waals surface area contributed by atoms with Gasteiger partial charge in [0.1, 0.15) is 0 Å². The monoisotopic (exact) mass is 344 g/mol. The van der Waals surface area contributed by atoms with E-state index in [-0.39, 0.29) is 11.9 Å². The van der Waals surface area contributed by atoms with Crippen molar-refractivity contribution in [1.29, 1.82) is 0 Å². The Kier molecular flexibility index (Phi) is 5.58. The third kappa shape index (κ3) is 4.39. The molecule has 0 saturated carbocycles. The van der Waals surface area contributed by atoms with Gasteiger partial charge in [0.05, 0.1) is 12.7 Å². The van der Waals surface area contributed by atoms with Crippen molar-refractivity contribution in [2.75, 3.05) is 24.6 Å². The highest BCUT2D eigenvalue weighted by Crippen LogP contribution is 2.28. The van der Waals surface area contributed by atoms with Crippen molar-refractivity contribution in [3.05, 3.63) is 53.3 Å². The second kappa shape index (κ2) is 7.85. The van der Waals surface area contributed by atoms with Crippen molar-refractivity contribution in [3.63, 3.8) is 0 Å². The van der Waals surface area contributed by atoms with Gasteiger partial charge in [-0.2, -0.15) is 16.9 Å². The predicted octanol–water partition coefficient (Wildman–Crippen LogP) is 2.13. The van der Waals surface area contributed by atoms with Crippen molar-refractivity contribution < 1.29 is 4.79 Å². The van der Waals surface area contributed by atoms with E-state index >= 15 is 0 Å². The maximum atomic E-state index is 12.4. The van der Waals surface area contributed by atoms with E-state index in [1.165, 1.54) is 11.1 Å². The van der Waals surface area contributed by atoms with Gasteiger partial charge in [-0.3, -0.25) is 14.4 Å². The van der Waals surface area contributed by atoms with Crippen LogP contribution in [-0.2, 0) is 18.4 Å². The maximum Gasteiger partial charge on any atom is 0.234 e. The van der Waals surface area contributed by atoms with E-state index in [1.807, 2.05) is 48.0 Å². The van der Waals surface area contributed by atoms with Crippen LogP contribution in [0.3, 0.4) is 0 Å². The van der Waals surface area contributed by atoms with Crippen LogP contribution in [0.2, 0.25) is 0 Å². The van der Waals surface area contributed by atoms with Gasteiger partial charge in [0.15, 0.2) is 0 Å². The zero-order valence-corrected chi connectivity index (χ0v) is 15.1. The van der Waals surface area contributed by atoms with Crippen LogP contribution in [0.4, 0.5) is 0 Å². The summed E-state index contributed by atoms with van der Waals surface area (Å²) in [7, 11) is 1.93. The Hall–Kier alpha value is -1.79. The van der Waals surface area contributed by atoms with Crippen molar-refractivity contribution >= 4 is 17.7 Å². The molecule has 5 nitrogen and oxygen atoms in total. The van der Waals surface area contributed by atoms with Gasteiger partial charge in [-0.15, -0.1) is 0 Å². The minimum atomic E-state index is 0.0808. The second-order valence-corrected chi connectivity index (χ2v) is 7.42. The van der Waals surface area contributed by atoms with Gasteiger partial charge in [-0.25, -0.2) is 0 Å². The first-order valence-electron chi connectivity index (χ1n) is 8.24. The first-order chi connectivity index (χ1) is 11.6. The lowest BCUT2D eigenvalue weighted by Gasteiger charge is -2.34. The third-order valence-corrected chi connectivity index (χ3v) is 5.29. The zero-order valence-electron chi connectivity index (χ0n) is 14.2. The lowest BCUT2D eigenvalue weighted by atomic mass is 10.1. The molecule has 2 heterocycles. The smallest absolute Gasteiger partial charge is 0.234 e. The number of carbonyl (C=O) groups is 1. The Morgan fingerprint density at radius 3 is 3.08 bits per heavy atom. The summed E-state index contributed by atoms with van der Waals surface area (Å²) in [4.78, 5) is 14.6. The van der Waals surface area contributed by atoms with Crippen molar-refractivity contribution in [1.82, 2.24) is 20.0 Å². The molecule has 1 atom stereocenters. The van der Waals surface area contributed by atoms with Crippen LogP contribution < -0.4 is 5.32 Å². The summed E-state index contributed by atoms with van der Waals surface area (Å²) in [6, 6.07) is 8.51. The Morgan fingerprint density at radius 1 is 1.46 bits per heavy atom. The number of nitrogens with zero attached hydrogens (tertiary/aromatic N) is 3. The summed E-state index contributed by atoms with van der Waals surface area (Å²) < 4.78 is 1.82. The minimum Gasteiger partial charge on any atom is -0.351 e. The van der Waals surface area contributed by atoms with E-state index in [0.717, 1.165) is 23.6 Å². The van der Waals surface area contributed by atoms with E-state index in [2.05, 4.69) is 34.4 Å². The molecule has 1 aliphatic heterocycles. The Labute approximate surface area is 147 Å². The van der Waals surface area contributed by atoms with E-state index < -0.39 is 0 Å². The number of amides is 1. The molecular weight excluding hydrogens is 320 g/mol. The fourth-order valence-electron chi connectivity index (χ4n) is 3.01. The molecule has 0 radical (unpaired) electrons. The molecule has 24 heavy (non-hydrogen) atoms. The van der Waals surface area contributed by atoms with Crippen LogP contribution >= 0.6 is 11.8 Å². The van der Waals surface area contributed by atoms with E-state index in [1.54, 1.807) is 0 Å². The van der Waals surface area contributed by atoms with Crippen molar-refractivity contribution in [2.24, 2.45) is 7.05 Å². The topological polar surface area (TPSA) is 50.2 Å². The highest BCUT2D eigenvalue weighted by atomic mass is 32.2. The van der Waals surface area contributed by atoms with Crippen LogP contribution in [0.5, 0.6) is 0 Å². The number of carbonyl (C=O) groups excluding carboxylic acids is 1. The van der Waals surface area contributed by atoms with Gasteiger partial charge >= 0.3 is 0 Å². The third-order valence-electron chi connectivity index (χ3n) is 4.27. The number of hydrogen-bond donors (Lipinski definition) is 1. The number of aromatic nitrogens is 2. The van der Waals surface area contributed by atoms with Crippen LogP contribution in [0, 0.1) is 6.92 Å². The van der Waals surface area contributed by atoms with E-state index in [9.17, 15) is 4.79 Å². The van der Waals surface area contributed by atoms with Gasteiger partial charge < -0.3 is 5.32 Å². The summed E-state index contributed by atoms with van der Waals surface area (Å²) in [5.41, 5.74) is 3.55. The number of nitrogens with one attached hydrogen (secondary N) is 1. The summed E-state index contributed by atoms with van der Waals surface area (Å²) in [5.74, 6) is 2.16. The molecule has 0 unspecified atom stereocenters. The molecule has 1 amide bonds. The van der Waals surface area contributed by atoms with Crippen molar-refractivity contribution in [2.45, 2.75) is 19.5 Å². The SMILES string of the molecule is Cc1cccc(CNC(=O)CN2CCSC[C@@H]2c2cnn(C)c2)c1. The fourth-order valence-corrected chi connectivity index (χ4v) is 4.17. The molecule has 0 aliphatic carbocycles. The fraction of sp³-hybridized carbons (Fsp3) is 0.444. The molecular formula is C18H24N4OS. The van der Waals surface area contributed by atoms with Crippen LogP contribution in [-0.4, -0.2) is 45.2 Å². The largest absolute Gasteiger partial charge is 0.351 e. The Bertz CT molecular complexity index is 700. The Balaban J connectivity index is 1.57. The number of thioether (sulfide) groups is 1. The van der Waals surface area contributed by atoms with Crippen molar-refractivity contribution in [3.8, 4) is 0 Å². The predicted molar refractivity (Wildman–Crippen MR) is 97.9 cm³/mol. The van der Waals surface area contributed by atoms with Gasteiger partial charge in [0.2, 0.25) is 5.91 Å². The molecule has 0 bridgehead atoms. The molecule has 1 aromatic heterocycles. The van der Waals surface area contributed by atoms with Gasteiger partial charge in [-0.05, 0) is 12.5 Å². The van der Waals surface area contributed by atoms with E-state index in [0.29, 0.717) is 13.1 Å². The highest BCUT2D eigenvalue weighted by molar-refractivity contribution is 7.99. The lowest BCUT2D eigenvalue weighted by molar-refractivity contribution is -0.122. The number of hydrogen-bond acceptors (Lipinski definition) is 4. The molecule has 1 aromatic carbocycles. The van der Waals surface area contributed by atoms with Gasteiger partial charge in [-0.1, -0.05) is 29.8 Å². The minimum absolute atomic E-state index is 0.0808. The summed E-state index contributed by atoms with van der Waals surface area (Å²) in [6.07, 6.45) is 3.96. The lowest BCUT2D eigenvalue weighted by Crippen LogP contribution is -2.43. The standard InChI is InChI=1S/C18H24N4OS/c1-14-4-3-5-15(8-14)9-19-18(23)12-22-6-7-24-13-17(22)16-10-20-21(2)11-16/h3-5,8,10-11,17H,6-7,9,12-13H2,1-2H3,(H,19,23)/t17-/m1/s1. The molecule has 6 heteroatoms. The number of benzene rings is 1. The molecule has 3 rings (SSSR count). The normalized spacial score (nSPS) is 18.5. The molecule has 128 valence electrons. The first kappa shape index (κ1) is 17.0. The maximum absolute atomic E-state index is 12.4.